The molecule has 0 radical (unpaired) electrons. The van der Waals surface area contributed by atoms with Crippen LogP contribution in [-0.2, 0) is 16.6 Å². The van der Waals surface area contributed by atoms with Crippen molar-refractivity contribution in [1.29, 1.82) is 0 Å². The molecule has 2 aromatic rings. The third kappa shape index (κ3) is 4.74. The second kappa shape index (κ2) is 9.07. The Morgan fingerprint density at radius 1 is 1.14 bits per heavy atom. The zero-order valence-electron chi connectivity index (χ0n) is 16.2. The zero-order valence-corrected chi connectivity index (χ0v) is 17.9. The molecule has 1 aromatic heterocycles. The van der Waals surface area contributed by atoms with Crippen LogP contribution < -0.4 is 10.1 Å². The molecule has 0 spiro atoms. The highest BCUT2D eigenvalue weighted by atomic mass is 32.2. The van der Waals surface area contributed by atoms with Crippen LogP contribution in [-0.4, -0.2) is 38.8 Å². The lowest BCUT2D eigenvalue weighted by atomic mass is 10.2. The number of carbonyl (C=O) groups excluding carboxylic acids is 1. The fourth-order valence-electron chi connectivity index (χ4n) is 3.29. The molecule has 2 heterocycles. The fourth-order valence-corrected chi connectivity index (χ4v) is 5.82. The maximum Gasteiger partial charge on any atom is 0.251 e. The SMILES string of the molecule is COc1ccc(C(=O)NCc2ccc(C)s2)cc1S(=O)(=O)N1CCCCCC1. The zero-order chi connectivity index (χ0) is 20.1. The summed E-state index contributed by atoms with van der Waals surface area (Å²) in [6, 6.07) is 8.55. The molecule has 1 saturated heterocycles. The van der Waals surface area contributed by atoms with Gasteiger partial charge in [0, 0.05) is 28.4 Å². The lowest BCUT2D eigenvalue weighted by Crippen LogP contribution is -2.32. The maximum absolute atomic E-state index is 13.2. The van der Waals surface area contributed by atoms with E-state index < -0.39 is 10.0 Å². The van der Waals surface area contributed by atoms with Crippen molar-refractivity contribution in [2.45, 2.75) is 44.0 Å². The molecule has 1 aliphatic rings. The highest BCUT2D eigenvalue weighted by Crippen LogP contribution is 2.29. The summed E-state index contributed by atoms with van der Waals surface area (Å²) in [5, 5.41) is 2.86. The molecule has 0 atom stereocenters. The Bertz CT molecular complexity index is 929. The predicted octanol–water partition coefficient (Wildman–Crippen LogP) is 3.56. The van der Waals surface area contributed by atoms with Crippen LogP contribution in [0.15, 0.2) is 35.2 Å². The average Bonchev–Trinajstić information content (AvgIpc) is 2.93. The number of hydrogen-bond acceptors (Lipinski definition) is 5. The van der Waals surface area contributed by atoms with E-state index in [2.05, 4.69) is 5.32 Å². The lowest BCUT2D eigenvalue weighted by molar-refractivity contribution is 0.0951. The van der Waals surface area contributed by atoms with Crippen molar-refractivity contribution >= 4 is 27.3 Å². The highest BCUT2D eigenvalue weighted by Gasteiger charge is 2.29. The van der Waals surface area contributed by atoms with Gasteiger partial charge in [-0.3, -0.25) is 4.79 Å². The van der Waals surface area contributed by atoms with E-state index in [9.17, 15) is 13.2 Å². The Hall–Kier alpha value is -1.90. The van der Waals surface area contributed by atoms with E-state index in [1.807, 2.05) is 19.1 Å². The summed E-state index contributed by atoms with van der Waals surface area (Å²) in [5.41, 5.74) is 0.308. The summed E-state index contributed by atoms with van der Waals surface area (Å²) in [6.45, 7) is 3.43. The topological polar surface area (TPSA) is 75.7 Å². The summed E-state index contributed by atoms with van der Waals surface area (Å²) in [6.07, 6.45) is 3.77. The van der Waals surface area contributed by atoms with Gasteiger partial charge in [-0.2, -0.15) is 4.31 Å². The highest BCUT2D eigenvalue weighted by molar-refractivity contribution is 7.89. The standard InChI is InChI=1S/C20H26N2O4S2/c1-15-7-9-17(27-15)14-21-20(23)16-8-10-18(26-2)19(13-16)28(24,25)22-11-5-3-4-6-12-22/h7-10,13H,3-6,11-12,14H2,1-2H3,(H,21,23). The van der Waals surface area contributed by atoms with Gasteiger partial charge in [-0.15, -0.1) is 11.3 Å². The Balaban J connectivity index is 1.83. The molecule has 1 amide bonds. The summed E-state index contributed by atoms with van der Waals surface area (Å²) in [5.74, 6) is -0.0456. The van der Waals surface area contributed by atoms with Crippen LogP contribution >= 0.6 is 11.3 Å². The minimum atomic E-state index is -3.72. The Morgan fingerprint density at radius 2 is 1.86 bits per heavy atom. The second-order valence-corrected chi connectivity index (χ2v) is 10.2. The van der Waals surface area contributed by atoms with Crippen molar-refractivity contribution in [3.05, 3.63) is 45.6 Å². The van der Waals surface area contributed by atoms with Gasteiger partial charge in [0.25, 0.3) is 5.91 Å². The maximum atomic E-state index is 13.2. The number of carbonyl (C=O) groups is 1. The minimum absolute atomic E-state index is 0.0523. The number of methoxy groups -OCH3 is 1. The number of nitrogens with one attached hydrogen (secondary N) is 1. The summed E-state index contributed by atoms with van der Waals surface area (Å²) < 4.78 is 33.2. The number of benzene rings is 1. The lowest BCUT2D eigenvalue weighted by Gasteiger charge is -2.21. The molecule has 8 heteroatoms. The van der Waals surface area contributed by atoms with Crippen LogP contribution in [0, 0.1) is 6.92 Å². The molecular formula is C20H26N2O4S2. The summed E-state index contributed by atoms with van der Waals surface area (Å²) in [4.78, 5) is 14.9. The molecule has 1 N–H and O–H groups in total. The molecule has 28 heavy (non-hydrogen) atoms. The average molecular weight is 423 g/mol. The van der Waals surface area contributed by atoms with Gasteiger partial charge in [0.05, 0.1) is 13.7 Å². The summed E-state index contributed by atoms with van der Waals surface area (Å²) in [7, 11) is -2.28. The van der Waals surface area contributed by atoms with E-state index in [0.717, 1.165) is 30.6 Å². The molecule has 0 aliphatic carbocycles. The molecule has 152 valence electrons. The third-order valence-corrected chi connectivity index (χ3v) is 7.75. The molecule has 1 aromatic carbocycles. The monoisotopic (exact) mass is 422 g/mol. The van der Waals surface area contributed by atoms with Gasteiger partial charge in [0.1, 0.15) is 10.6 Å². The number of aryl methyl sites for hydroxylation is 1. The number of nitrogens with zero attached hydrogens (tertiary/aromatic N) is 1. The van der Waals surface area contributed by atoms with Gasteiger partial charge in [-0.25, -0.2) is 8.42 Å². The first-order valence-electron chi connectivity index (χ1n) is 9.43. The first-order valence-corrected chi connectivity index (χ1v) is 11.7. The van der Waals surface area contributed by atoms with Gasteiger partial charge in [-0.1, -0.05) is 12.8 Å². The molecule has 1 aliphatic heterocycles. The van der Waals surface area contributed by atoms with Crippen molar-refractivity contribution < 1.29 is 17.9 Å². The van der Waals surface area contributed by atoms with Crippen molar-refractivity contribution in [2.75, 3.05) is 20.2 Å². The molecule has 3 rings (SSSR count). The van der Waals surface area contributed by atoms with Crippen molar-refractivity contribution in [3.63, 3.8) is 0 Å². The Labute approximate surface area is 170 Å². The molecule has 0 bridgehead atoms. The number of thiophene rings is 1. The largest absolute Gasteiger partial charge is 0.495 e. The number of ether oxygens (including phenoxy) is 1. The molecule has 1 fully saturated rings. The quantitative estimate of drug-likeness (QED) is 0.772. The number of amides is 1. The Kier molecular flexibility index (Phi) is 6.74. The van der Waals surface area contributed by atoms with Crippen molar-refractivity contribution in [3.8, 4) is 5.75 Å². The van der Waals surface area contributed by atoms with Crippen LogP contribution in [0.2, 0.25) is 0 Å². The van der Waals surface area contributed by atoms with Crippen molar-refractivity contribution in [1.82, 2.24) is 9.62 Å². The second-order valence-electron chi connectivity index (χ2n) is 6.88. The summed E-state index contributed by atoms with van der Waals surface area (Å²) >= 11 is 1.62. The molecule has 6 nitrogen and oxygen atoms in total. The van der Waals surface area contributed by atoms with Crippen LogP contribution in [0.4, 0.5) is 0 Å². The van der Waals surface area contributed by atoms with Crippen LogP contribution in [0.3, 0.4) is 0 Å². The first-order chi connectivity index (χ1) is 13.4. The van der Waals surface area contributed by atoms with Gasteiger partial charge >= 0.3 is 0 Å². The van der Waals surface area contributed by atoms with Crippen LogP contribution in [0.1, 0.15) is 45.8 Å². The molecule has 0 unspecified atom stereocenters. The normalized spacial score (nSPS) is 15.8. The van der Waals surface area contributed by atoms with Gasteiger partial charge in [0.2, 0.25) is 10.0 Å². The Morgan fingerprint density at radius 3 is 2.46 bits per heavy atom. The third-order valence-electron chi connectivity index (χ3n) is 4.83. The van der Waals surface area contributed by atoms with Crippen LogP contribution in [0.5, 0.6) is 5.75 Å². The van der Waals surface area contributed by atoms with Gasteiger partial charge in [0.15, 0.2) is 0 Å². The van der Waals surface area contributed by atoms with Gasteiger partial charge < -0.3 is 10.1 Å². The fraction of sp³-hybridized carbons (Fsp3) is 0.450. The molecule has 0 saturated carbocycles. The van der Waals surface area contributed by atoms with E-state index >= 15 is 0 Å². The smallest absolute Gasteiger partial charge is 0.251 e. The van der Waals surface area contributed by atoms with E-state index in [-0.39, 0.29) is 16.6 Å². The minimum Gasteiger partial charge on any atom is -0.495 e. The predicted molar refractivity (Wildman–Crippen MR) is 110 cm³/mol. The van der Waals surface area contributed by atoms with Gasteiger partial charge in [-0.05, 0) is 50.1 Å². The van der Waals surface area contributed by atoms with E-state index in [1.54, 1.807) is 23.5 Å². The number of sulfonamides is 1. The number of hydrogen-bond donors (Lipinski definition) is 1. The number of rotatable bonds is 6. The van der Waals surface area contributed by atoms with Crippen LogP contribution in [0.25, 0.3) is 0 Å². The molecular weight excluding hydrogens is 396 g/mol. The first kappa shape index (κ1) is 20.8. The van der Waals surface area contributed by atoms with Crippen molar-refractivity contribution in [2.24, 2.45) is 0 Å². The van der Waals surface area contributed by atoms with E-state index in [4.69, 9.17) is 4.74 Å². The van der Waals surface area contributed by atoms with E-state index in [1.165, 1.54) is 22.4 Å². The van der Waals surface area contributed by atoms with E-state index in [0.29, 0.717) is 25.2 Å².